The van der Waals surface area contributed by atoms with Crippen molar-refractivity contribution in [2.45, 2.75) is 6.92 Å². The first-order chi connectivity index (χ1) is 19.3. The van der Waals surface area contributed by atoms with Crippen LogP contribution in [0, 0.1) is 6.92 Å². The van der Waals surface area contributed by atoms with Crippen LogP contribution in [0.15, 0.2) is 133 Å². The number of hydrogen-bond acceptors (Lipinski definition) is 1. The number of rotatable bonds is 3. The smallest absolute Gasteiger partial charge is 0.0541 e. The Bertz CT molecular complexity index is 2170. The molecule has 8 rings (SSSR count). The van der Waals surface area contributed by atoms with Crippen molar-refractivity contribution in [2.75, 3.05) is 0 Å². The number of hydrogen-bond donors (Lipinski definition) is 0. The van der Waals surface area contributed by atoms with Gasteiger partial charge in [0.05, 0.1) is 11.0 Å². The lowest BCUT2D eigenvalue weighted by Gasteiger charge is -2.08. The lowest BCUT2D eigenvalue weighted by Crippen LogP contribution is -1.93. The molecule has 0 atom stereocenters. The number of aryl methyl sites for hydroxylation is 1. The van der Waals surface area contributed by atoms with Crippen molar-refractivity contribution < 1.29 is 0 Å². The second-order valence-corrected chi connectivity index (χ2v) is 11.3. The van der Waals surface area contributed by atoms with Gasteiger partial charge in [-0.1, -0.05) is 103 Å². The maximum absolute atomic E-state index is 2.40. The molecule has 184 valence electrons. The number of para-hydroxylation sites is 1. The van der Waals surface area contributed by atoms with E-state index in [0.717, 1.165) is 0 Å². The Balaban J connectivity index is 1.39. The summed E-state index contributed by atoms with van der Waals surface area (Å²) < 4.78 is 5.08. The first-order valence-corrected chi connectivity index (χ1v) is 14.2. The van der Waals surface area contributed by atoms with E-state index in [1.165, 1.54) is 75.5 Å². The molecule has 0 unspecified atom stereocenters. The average molecular weight is 516 g/mol. The van der Waals surface area contributed by atoms with Crippen molar-refractivity contribution in [3.05, 3.63) is 139 Å². The van der Waals surface area contributed by atoms with E-state index in [1.54, 1.807) is 0 Å². The zero-order valence-electron chi connectivity index (χ0n) is 21.6. The van der Waals surface area contributed by atoms with Gasteiger partial charge < -0.3 is 4.57 Å². The summed E-state index contributed by atoms with van der Waals surface area (Å²) in [6, 6.07) is 48.7. The minimum atomic E-state index is 1.19. The summed E-state index contributed by atoms with van der Waals surface area (Å²) in [5, 5.41) is 5.24. The third-order valence-electron chi connectivity index (χ3n) is 7.86. The Kier molecular flexibility index (Phi) is 4.98. The highest BCUT2D eigenvalue weighted by atomic mass is 32.1. The molecule has 0 aliphatic heterocycles. The molecule has 39 heavy (non-hydrogen) atoms. The van der Waals surface area contributed by atoms with Crippen LogP contribution in [0.2, 0.25) is 0 Å². The van der Waals surface area contributed by atoms with Gasteiger partial charge in [0.2, 0.25) is 0 Å². The minimum absolute atomic E-state index is 1.19. The van der Waals surface area contributed by atoms with E-state index in [1.807, 2.05) is 11.3 Å². The van der Waals surface area contributed by atoms with Crippen LogP contribution in [-0.4, -0.2) is 4.57 Å². The van der Waals surface area contributed by atoms with Crippen LogP contribution < -0.4 is 0 Å². The van der Waals surface area contributed by atoms with Gasteiger partial charge in [0, 0.05) is 36.6 Å². The monoisotopic (exact) mass is 515 g/mol. The summed E-state index contributed by atoms with van der Waals surface area (Å²) in [5.41, 5.74) is 10.1. The van der Waals surface area contributed by atoms with Gasteiger partial charge in [-0.05, 0) is 65.6 Å². The third-order valence-corrected chi connectivity index (χ3v) is 9.14. The van der Waals surface area contributed by atoms with Crippen LogP contribution in [0.25, 0.3) is 69.9 Å². The Morgan fingerprint density at radius 2 is 1.05 bits per heavy atom. The summed E-state index contributed by atoms with van der Waals surface area (Å²) in [6.07, 6.45) is 0. The largest absolute Gasteiger partial charge is 0.309 e. The van der Waals surface area contributed by atoms with Gasteiger partial charge in [0.1, 0.15) is 0 Å². The quantitative estimate of drug-likeness (QED) is 0.220. The summed E-state index contributed by atoms with van der Waals surface area (Å²) >= 11 is 1.91. The highest BCUT2D eigenvalue weighted by Crippen LogP contribution is 2.44. The number of fused-ring (bicyclic) bond motifs is 6. The molecule has 2 heterocycles. The molecule has 8 aromatic rings. The van der Waals surface area contributed by atoms with Crippen LogP contribution in [0.3, 0.4) is 0 Å². The molecule has 2 aromatic heterocycles. The molecule has 0 spiro atoms. The molecular formula is C37H25NS. The van der Waals surface area contributed by atoms with E-state index in [9.17, 15) is 0 Å². The Morgan fingerprint density at radius 1 is 0.462 bits per heavy atom. The summed E-state index contributed by atoms with van der Waals surface area (Å²) in [4.78, 5) is 0. The highest BCUT2D eigenvalue weighted by Gasteiger charge is 2.16. The second kappa shape index (κ2) is 8.69. The topological polar surface area (TPSA) is 4.93 Å². The number of nitrogens with zero attached hydrogens (tertiary/aromatic N) is 1. The molecule has 0 saturated carbocycles. The SMILES string of the molecule is Cc1ccc2c(c1)c1cc(-c3cccc4c3sc3c(-c5ccccc5)cccc34)ccc1n2-c1ccccc1. The van der Waals surface area contributed by atoms with E-state index in [-0.39, 0.29) is 0 Å². The fraction of sp³-hybridized carbons (Fsp3) is 0.0270. The molecule has 6 aromatic carbocycles. The summed E-state index contributed by atoms with van der Waals surface area (Å²) in [5.74, 6) is 0. The first kappa shape index (κ1) is 22.3. The predicted molar refractivity (Wildman–Crippen MR) is 169 cm³/mol. The maximum atomic E-state index is 2.40. The van der Waals surface area contributed by atoms with Gasteiger partial charge in [-0.25, -0.2) is 0 Å². The van der Waals surface area contributed by atoms with E-state index in [2.05, 4.69) is 145 Å². The zero-order valence-corrected chi connectivity index (χ0v) is 22.4. The van der Waals surface area contributed by atoms with Gasteiger partial charge in [-0.3, -0.25) is 0 Å². The van der Waals surface area contributed by atoms with Gasteiger partial charge in [-0.2, -0.15) is 0 Å². The Morgan fingerprint density at radius 3 is 1.74 bits per heavy atom. The van der Waals surface area contributed by atoms with Gasteiger partial charge in [-0.15, -0.1) is 11.3 Å². The lowest BCUT2D eigenvalue weighted by atomic mass is 9.99. The van der Waals surface area contributed by atoms with Gasteiger partial charge >= 0.3 is 0 Å². The summed E-state index contributed by atoms with van der Waals surface area (Å²) in [6.45, 7) is 2.18. The fourth-order valence-electron chi connectivity index (χ4n) is 6.05. The third kappa shape index (κ3) is 3.46. The molecule has 0 radical (unpaired) electrons. The van der Waals surface area contributed by atoms with Crippen molar-refractivity contribution in [2.24, 2.45) is 0 Å². The lowest BCUT2D eigenvalue weighted by molar-refractivity contribution is 1.18. The molecule has 0 N–H and O–H groups in total. The summed E-state index contributed by atoms with van der Waals surface area (Å²) in [7, 11) is 0. The molecule has 1 nitrogen and oxygen atoms in total. The van der Waals surface area contributed by atoms with Crippen LogP contribution in [0.4, 0.5) is 0 Å². The maximum Gasteiger partial charge on any atom is 0.0541 e. The fourth-order valence-corrected chi connectivity index (χ4v) is 7.42. The van der Waals surface area contributed by atoms with E-state index in [0.29, 0.717) is 0 Å². The van der Waals surface area contributed by atoms with Crippen molar-refractivity contribution >= 4 is 53.3 Å². The average Bonchev–Trinajstić information content (AvgIpc) is 3.53. The Labute approximate surface area is 231 Å². The number of thiophene rings is 1. The van der Waals surface area contributed by atoms with Crippen molar-refractivity contribution in [1.82, 2.24) is 4.57 Å². The van der Waals surface area contributed by atoms with Gasteiger partial charge in [0.15, 0.2) is 0 Å². The first-order valence-electron chi connectivity index (χ1n) is 13.4. The van der Waals surface area contributed by atoms with E-state index < -0.39 is 0 Å². The zero-order chi connectivity index (χ0) is 25.9. The van der Waals surface area contributed by atoms with E-state index >= 15 is 0 Å². The molecule has 0 bridgehead atoms. The van der Waals surface area contributed by atoms with Crippen molar-refractivity contribution in [3.8, 4) is 27.9 Å². The molecule has 0 saturated heterocycles. The number of benzene rings is 6. The number of aromatic nitrogens is 1. The highest BCUT2D eigenvalue weighted by molar-refractivity contribution is 7.26. The molecule has 2 heteroatoms. The molecule has 0 amide bonds. The van der Waals surface area contributed by atoms with Crippen molar-refractivity contribution in [3.63, 3.8) is 0 Å². The minimum Gasteiger partial charge on any atom is -0.309 e. The standard InChI is InChI=1S/C37H25NS/c1-24-18-20-34-32(22-24)33-23-26(19-21-35(33)38(34)27-12-6-3-7-13-27)29-15-9-17-31-30-16-8-14-28(36(30)39-37(29)31)25-10-4-2-5-11-25/h2-23H,1H3. The van der Waals surface area contributed by atoms with Gasteiger partial charge in [0.25, 0.3) is 0 Å². The Hall–Kier alpha value is -4.66. The predicted octanol–water partition coefficient (Wildman–Crippen LogP) is 10.8. The van der Waals surface area contributed by atoms with Crippen molar-refractivity contribution in [1.29, 1.82) is 0 Å². The van der Waals surface area contributed by atoms with Crippen LogP contribution in [0.5, 0.6) is 0 Å². The molecular weight excluding hydrogens is 490 g/mol. The van der Waals surface area contributed by atoms with Crippen LogP contribution in [0.1, 0.15) is 5.56 Å². The molecule has 0 aliphatic rings. The van der Waals surface area contributed by atoms with Crippen LogP contribution >= 0.6 is 11.3 Å². The van der Waals surface area contributed by atoms with E-state index in [4.69, 9.17) is 0 Å². The molecule has 0 fully saturated rings. The normalized spacial score (nSPS) is 11.7. The molecule has 0 aliphatic carbocycles. The second-order valence-electron chi connectivity index (χ2n) is 10.3. The van der Waals surface area contributed by atoms with Crippen LogP contribution in [-0.2, 0) is 0 Å².